The van der Waals surface area contributed by atoms with Crippen LogP contribution >= 0.6 is 0 Å². The maximum atomic E-state index is 4.01. The molecule has 0 amide bonds. The summed E-state index contributed by atoms with van der Waals surface area (Å²) in [7, 11) is 6.58. The molecule has 17 heavy (non-hydrogen) atoms. The van der Waals surface area contributed by atoms with Gasteiger partial charge in [-0.1, -0.05) is 5.57 Å². The first-order chi connectivity index (χ1) is 8.04. The Morgan fingerprint density at radius 1 is 1.41 bits per heavy atom. The number of rotatable bonds is 5. The smallest absolute Gasteiger partial charge is 0.0373 e. The van der Waals surface area contributed by atoms with E-state index in [0.29, 0.717) is 12.1 Å². The van der Waals surface area contributed by atoms with Crippen molar-refractivity contribution in [2.45, 2.75) is 38.3 Å². The van der Waals surface area contributed by atoms with E-state index in [4.69, 9.17) is 0 Å². The van der Waals surface area contributed by atoms with E-state index < -0.39 is 0 Å². The summed E-state index contributed by atoms with van der Waals surface area (Å²) in [6, 6.07) is 1.18. The molecular formula is C14H29N3. The molecule has 2 atom stereocenters. The summed E-state index contributed by atoms with van der Waals surface area (Å²) in [5.74, 6) is 0. The second kappa shape index (κ2) is 7.14. The Hall–Kier alpha value is -0.380. The van der Waals surface area contributed by atoms with Crippen LogP contribution in [0, 0.1) is 0 Å². The Labute approximate surface area is 107 Å². The molecular weight excluding hydrogens is 210 g/mol. The average molecular weight is 239 g/mol. The van der Waals surface area contributed by atoms with Crippen molar-refractivity contribution in [1.29, 1.82) is 0 Å². The zero-order valence-corrected chi connectivity index (χ0v) is 12.0. The lowest BCUT2D eigenvalue weighted by atomic mass is 9.99. The Kier molecular flexibility index (Phi) is 6.17. The molecule has 0 aliphatic carbocycles. The van der Waals surface area contributed by atoms with Crippen molar-refractivity contribution in [1.82, 2.24) is 15.1 Å². The molecule has 1 N–H and O–H groups in total. The van der Waals surface area contributed by atoms with Crippen LogP contribution in [0.5, 0.6) is 0 Å². The molecule has 100 valence electrons. The summed E-state index contributed by atoms with van der Waals surface area (Å²) >= 11 is 0. The summed E-state index contributed by atoms with van der Waals surface area (Å²) in [5.41, 5.74) is 1.29. The molecule has 0 spiro atoms. The first-order valence-corrected chi connectivity index (χ1v) is 6.75. The van der Waals surface area contributed by atoms with Gasteiger partial charge in [0.05, 0.1) is 0 Å². The van der Waals surface area contributed by atoms with Crippen LogP contribution in [0.25, 0.3) is 0 Å². The van der Waals surface area contributed by atoms with Crippen LogP contribution in [0.2, 0.25) is 0 Å². The van der Waals surface area contributed by atoms with Gasteiger partial charge in [-0.25, -0.2) is 0 Å². The van der Waals surface area contributed by atoms with Gasteiger partial charge in [0.2, 0.25) is 0 Å². The molecule has 0 bridgehead atoms. The maximum absolute atomic E-state index is 4.01. The molecule has 1 fully saturated rings. The van der Waals surface area contributed by atoms with Gasteiger partial charge in [-0.2, -0.15) is 0 Å². The third-order valence-corrected chi connectivity index (χ3v) is 3.83. The molecule has 1 rings (SSSR count). The lowest BCUT2D eigenvalue weighted by Gasteiger charge is -2.34. The van der Waals surface area contributed by atoms with Crippen molar-refractivity contribution in [3.63, 3.8) is 0 Å². The molecule has 3 heteroatoms. The van der Waals surface area contributed by atoms with Gasteiger partial charge in [-0.15, -0.1) is 6.58 Å². The molecule has 0 radical (unpaired) electrons. The van der Waals surface area contributed by atoms with Crippen LogP contribution in [0.1, 0.15) is 26.2 Å². The van der Waals surface area contributed by atoms with Crippen molar-refractivity contribution in [3.8, 4) is 0 Å². The largest absolute Gasteiger partial charge is 0.315 e. The fourth-order valence-corrected chi connectivity index (χ4v) is 2.67. The highest BCUT2D eigenvalue weighted by Crippen LogP contribution is 2.15. The van der Waals surface area contributed by atoms with Gasteiger partial charge in [0.25, 0.3) is 0 Å². The fraction of sp³-hybridized carbons (Fsp3) is 0.857. The zero-order chi connectivity index (χ0) is 12.8. The van der Waals surface area contributed by atoms with Gasteiger partial charge < -0.3 is 15.1 Å². The molecule has 0 aromatic rings. The maximum Gasteiger partial charge on any atom is 0.0373 e. The second-order valence-electron chi connectivity index (χ2n) is 5.55. The number of likely N-dealkylation sites (N-methyl/N-ethyl adjacent to an activating group) is 3. The van der Waals surface area contributed by atoms with E-state index in [-0.39, 0.29) is 0 Å². The standard InChI is InChI=1S/C14H29N3/c1-12(2)7-8-13(15-3)14-11-16(4)9-6-10-17(14)5/h13-15H,1,6-11H2,2-5H3. The molecule has 0 saturated carbocycles. The third-order valence-electron chi connectivity index (χ3n) is 3.83. The molecule has 2 unspecified atom stereocenters. The highest BCUT2D eigenvalue weighted by molar-refractivity contribution is 4.93. The Morgan fingerprint density at radius 3 is 2.71 bits per heavy atom. The van der Waals surface area contributed by atoms with Crippen molar-refractivity contribution in [3.05, 3.63) is 12.2 Å². The van der Waals surface area contributed by atoms with Crippen molar-refractivity contribution in [2.75, 3.05) is 40.8 Å². The summed E-state index contributed by atoms with van der Waals surface area (Å²) in [5, 5.41) is 3.50. The summed E-state index contributed by atoms with van der Waals surface area (Å²) < 4.78 is 0. The van der Waals surface area contributed by atoms with E-state index in [2.05, 4.69) is 49.8 Å². The average Bonchev–Trinajstić information content (AvgIpc) is 2.42. The predicted molar refractivity (Wildman–Crippen MR) is 75.4 cm³/mol. The monoisotopic (exact) mass is 239 g/mol. The first kappa shape index (κ1) is 14.7. The van der Waals surface area contributed by atoms with Crippen molar-refractivity contribution >= 4 is 0 Å². The molecule has 1 heterocycles. The quantitative estimate of drug-likeness (QED) is 0.735. The molecule has 1 aliphatic heterocycles. The van der Waals surface area contributed by atoms with Crippen molar-refractivity contribution < 1.29 is 0 Å². The van der Waals surface area contributed by atoms with E-state index in [1.807, 2.05) is 0 Å². The minimum Gasteiger partial charge on any atom is -0.315 e. The summed E-state index contributed by atoms with van der Waals surface area (Å²) in [6.07, 6.45) is 3.59. The molecule has 0 aromatic heterocycles. The van der Waals surface area contributed by atoms with E-state index in [1.165, 1.54) is 31.5 Å². The lowest BCUT2D eigenvalue weighted by molar-refractivity contribution is 0.177. The molecule has 3 nitrogen and oxygen atoms in total. The first-order valence-electron chi connectivity index (χ1n) is 6.75. The zero-order valence-electron chi connectivity index (χ0n) is 12.0. The van der Waals surface area contributed by atoms with Crippen LogP contribution in [-0.4, -0.2) is 62.7 Å². The highest BCUT2D eigenvalue weighted by atomic mass is 15.2. The van der Waals surface area contributed by atoms with E-state index in [0.717, 1.165) is 13.0 Å². The summed E-state index contributed by atoms with van der Waals surface area (Å²) in [6.45, 7) is 9.72. The van der Waals surface area contributed by atoms with Gasteiger partial charge in [0.1, 0.15) is 0 Å². The van der Waals surface area contributed by atoms with Crippen LogP contribution in [0.3, 0.4) is 0 Å². The van der Waals surface area contributed by atoms with Crippen LogP contribution in [-0.2, 0) is 0 Å². The van der Waals surface area contributed by atoms with Crippen LogP contribution < -0.4 is 5.32 Å². The lowest BCUT2D eigenvalue weighted by Crippen LogP contribution is -2.51. The number of nitrogens with one attached hydrogen (secondary N) is 1. The Bertz CT molecular complexity index is 240. The van der Waals surface area contributed by atoms with Gasteiger partial charge in [0, 0.05) is 18.6 Å². The molecule has 0 aromatic carbocycles. The minimum absolute atomic E-state index is 0.567. The second-order valence-corrected chi connectivity index (χ2v) is 5.55. The number of nitrogens with zero attached hydrogens (tertiary/aromatic N) is 2. The van der Waals surface area contributed by atoms with Crippen LogP contribution in [0.4, 0.5) is 0 Å². The Balaban J connectivity index is 2.59. The number of hydrogen-bond acceptors (Lipinski definition) is 3. The number of allylic oxidation sites excluding steroid dienone is 1. The normalized spacial score (nSPS) is 25.5. The van der Waals surface area contributed by atoms with Crippen LogP contribution in [0.15, 0.2) is 12.2 Å². The van der Waals surface area contributed by atoms with E-state index >= 15 is 0 Å². The molecule has 1 saturated heterocycles. The van der Waals surface area contributed by atoms with Gasteiger partial charge in [0.15, 0.2) is 0 Å². The SMILES string of the molecule is C=C(C)CCC(NC)C1CN(C)CCCN1C. The van der Waals surface area contributed by atoms with E-state index in [9.17, 15) is 0 Å². The minimum atomic E-state index is 0.567. The van der Waals surface area contributed by atoms with Crippen molar-refractivity contribution in [2.24, 2.45) is 0 Å². The fourth-order valence-electron chi connectivity index (χ4n) is 2.67. The number of hydrogen-bond donors (Lipinski definition) is 1. The Morgan fingerprint density at radius 2 is 2.12 bits per heavy atom. The molecule has 1 aliphatic rings. The topological polar surface area (TPSA) is 18.5 Å². The van der Waals surface area contributed by atoms with E-state index in [1.54, 1.807) is 0 Å². The predicted octanol–water partition coefficient (Wildman–Crippen LogP) is 1.57. The third kappa shape index (κ3) is 4.78. The summed E-state index contributed by atoms with van der Waals surface area (Å²) in [4.78, 5) is 4.97. The van der Waals surface area contributed by atoms with Gasteiger partial charge in [-0.05, 0) is 60.4 Å². The van der Waals surface area contributed by atoms with Gasteiger partial charge >= 0.3 is 0 Å². The van der Waals surface area contributed by atoms with Gasteiger partial charge in [-0.3, -0.25) is 0 Å². The highest BCUT2D eigenvalue weighted by Gasteiger charge is 2.27.